The van der Waals surface area contributed by atoms with E-state index < -0.39 is 0 Å². The van der Waals surface area contributed by atoms with Gasteiger partial charge in [-0.1, -0.05) is 39.5 Å². The number of hydrogen-bond acceptors (Lipinski definition) is 3. The van der Waals surface area contributed by atoms with Gasteiger partial charge < -0.3 is 10.1 Å². The van der Waals surface area contributed by atoms with Gasteiger partial charge in [0, 0.05) is 18.1 Å². The Balaban J connectivity index is 2.59. The van der Waals surface area contributed by atoms with Crippen LogP contribution in [0.4, 0.5) is 0 Å². The number of aliphatic hydroxyl groups excluding tert-OH is 1. The highest BCUT2D eigenvalue weighted by atomic mass is 16.3. The molecule has 0 aromatic rings. The van der Waals surface area contributed by atoms with Crippen LogP contribution >= 0.6 is 0 Å². The highest BCUT2D eigenvalue weighted by Crippen LogP contribution is 2.34. The van der Waals surface area contributed by atoms with Gasteiger partial charge in [0.05, 0.1) is 6.10 Å². The Morgan fingerprint density at radius 2 is 2.00 bits per heavy atom. The molecule has 3 unspecified atom stereocenters. The zero-order valence-electron chi connectivity index (χ0n) is 12.9. The van der Waals surface area contributed by atoms with E-state index in [4.69, 9.17) is 5.02 Å². The average molecular weight is 268 g/mol. The minimum atomic E-state index is -0.230. The Bertz CT molecular complexity index is 252. The Kier molecular flexibility index (Phi) is 7.41. The van der Waals surface area contributed by atoms with Gasteiger partial charge in [-0.25, -0.2) is 0 Å². The second-order valence-electron chi connectivity index (χ2n) is 6.28. The molecule has 4 heteroatoms. The summed E-state index contributed by atoms with van der Waals surface area (Å²) in [7, 11) is 1.25. The number of hydrogen-bond donors (Lipinski definition) is 2. The summed E-state index contributed by atoms with van der Waals surface area (Å²) in [6.07, 6.45) is 8.68. The van der Waals surface area contributed by atoms with E-state index in [2.05, 4.69) is 25.7 Å². The third-order valence-corrected chi connectivity index (χ3v) is 4.79. The molecule has 0 amide bonds. The molecule has 0 aromatic heterocycles. The molecule has 0 saturated carbocycles. The van der Waals surface area contributed by atoms with Crippen LogP contribution in [0.15, 0.2) is 0 Å². The van der Waals surface area contributed by atoms with E-state index in [1.807, 2.05) is 0 Å². The fraction of sp³-hybridized carbons (Fsp3) is 1.00. The summed E-state index contributed by atoms with van der Waals surface area (Å²) in [5.41, 5.74) is 0.166. The molecule has 0 aromatic carbocycles. The molecule has 0 spiro atoms. The number of aliphatic hydroxyl groups is 1. The standard InChI is InChI=1S/C15H31BNO2/c1-4-6-7-8-9-15(3,5-2)17-12-14(18)10-13(17)11-16-19/h13-14,18-19H,4-12H2,1-3H3. The van der Waals surface area contributed by atoms with Crippen LogP contribution in [0.5, 0.6) is 0 Å². The molecule has 19 heavy (non-hydrogen) atoms. The first-order valence-electron chi connectivity index (χ1n) is 7.98. The largest absolute Gasteiger partial charge is 0.454 e. The van der Waals surface area contributed by atoms with Crippen molar-refractivity contribution in [3.63, 3.8) is 0 Å². The van der Waals surface area contributed by atoms with Crippen LogP contribution in [0, 0.1) is 0 Å². The molecule has 1 fully saturated rings. The van der Waals surface area contributed by atoms with Crippen molar-refractivity contribution in [2.24, 2.45) is 0 Å². The first kappa shape index (κ1) is 17.0. The monoisotopic (exact) mass is 268 g/mol. The second-order valence-corrected chi connectivity index (χ2v) is 6.28. The first-order chi connectivity index (χ1) is 9.07. The maximum Gasteiger partial charge on any atom is 0.288 e. The fourth-order valence-electron chi connectivity index (χ4n) is 3.35. The van der Waals surface area contributed by atoms with Crippen molar-refractivity contribution < 1.29 is 10.1 Å². The molecule has 1 aliphatic heterocycles. The van der Waals surface area contributed by atoms with Crippen LogP contribution < -0.4 is 0 Å². The zero-order valence-corrected chi connectivity index (χ0v) is 12.9. The van der Waals surface area contributed by atoms with Crippen LogP contribution in [-0.2, 0) is 0 Å². The molecule has 0 bridgehead atoms. The van der Waals surface area contributed by atoms with Gasteiger partial charge in [0.1, 0.15) is 0 Å². The molecule has 1 heterocycles. The lowest BCUT2D eigenvalue weighted by molar-refractivity contribution is 0.0681. The van der Waals surface area contributed by atoms with Gasteiger partial charge in [-0.3, -0.25) is 4.90 Å². The Morgan fingerprint density at radius 3 is 2.58 bits per heavy atom. The van der Waals surface area contributed by atoms with Crippen molar-refractivity contribution >= 4 is 7.48 Å². The van der Waals surface area contributed by atoms with Crippen LogP contribution in [0.25, 0.3) is 0 Å². The molecule has 0 aliphatic carbocycles. The molecule has 1 saturated heterocycles. The average Bonchev–Trinajstić information content (AvgIpc) is 2.76. The van der Waals surface area contributed by atoms with Crippen molar-refractivity contribution in [2.75, 3.05) is 6.54 Å². The molecular formula is C15H31BNO2. The van der Waals surface area contributed by atoms with E-state index >= 15 is 0 Å². The normalized spacial score (nSPS) is 27.4. The van der Waals surface area contributed by atoms with Gasteiger partial charge in [0.2, 0.25) is 0 Å². The number of β-amino-alcohol motifs (C(OH)–C–C–N with tert-alkyl or cyclic N) is 1. The number of rotatable bonds is 9. The van der Waals surface area contributed by atoms with Crippen molar-refractivity contribution in [1.82, 2.24) is 4.90 Å². The van der Waals surface area contributed by atoms with Crippen molar-refractivity contribution in [3.05, 3.63) is 0 Å². The predicted octanol–water partition coefficient (Wildman–Crippen LogP) is 2.59. The summed E-state index contributed by atoms with van der Waals surface area (Å²) in [6, 6.07) is 0.302. The molecule has 3 nitrogen and oxygen atoms in total. The van der Waals surface area contributed by atoms with E-state index in [1.54, 1.807) is 0 Å². The predicted molar refractivity (Wildman–Crippen MR) is 81.4 cm³/mol. The summed E-state index contributed by atoms with van der Waals surface area (Å²) in [5, 5.41) is 19.0. The minimum absolute atomic E-state index is 0.166. The van der Waals surface area contributed by atoms with Gasteiger partial charge in [-0.05, 0) is 32.5 Å². The van der Waals surface area contributed by atoms with Gasteiger partial charge in [-0.15, -0.1) is 0 Å². The van der Waals surface area contributed by atoms with Gasteiger partial charge in [0.15, 0.2) is 0 Å². The zero-order chi connectivity index (χ0) is 14.3. The van der Waals surface area contributed by atoms with Crippen LogP contribution in [0.2, 0.25) is 6.32 Å². The summed E-state index contributed by atoms with van der Waals surface area (Å²) in [6.45, 7) is 7.56. The van der Waals surface area contributed by atoms with Crippen LogP contribution in [0.3, 0.4) is 0 Å². The van der Waals surface area contributed by atoms with E-state index in [9.17, 15) is 5.11 Å². The minimum Gasteiger partial charge on any atom is -0.454 e. The summed E-state index contributed by atoms with van der Waals surface area (Å²) in [4.78, 5) is 2.44. The highest BCUT2D eigenvalue weighted by molar-refractivity contribution is 6.25. The molecule has 111 valence electrons. The summed E-state index contributed by atoms with van der Waals surface area (Å²) >= 11 is 0. The first-order valence-corrected chi connectivity index (χ1v) is 7.98. The second kappa shape index (κ2) is 8.28. The number of nitrogens with zero attached hydrogens (tertiary/aromatic N) is 1. The van der Waals surface area contributed by atoms with Crippen LogP contribution in [-0.4, -0.2) is 46.7 Å². The third kappa shape index (κ3) is 4.76. The van der Waals surface area contributed by atoms with Crippen molar-refractivity contribution in [3.8, 4) is 0 Å². The maximum absolute atomic E-state index is 9.93. The highest BCUT2D eigenvalue weighted by Gasteiger charge is 2.40. The van der Waals surface area contributed by atoms with Crippen molar-refractivity contribution in [1.29, 1.82) is 0 Å². The van der Waals surface area contributed by atoms with Gasteiger partial charge in [0.25, 0.3) is 7.48 Å². The van der Waals surface area contributed by atoms with Crippen LogP contribution in [0.1, 0.15) is 65.7 Å². The van der Waals surface area contributed by atoms with E-state index in [-0.39, 0.29) is 11.6 Å². The molecule has 1 aliphatic rings. The summed E-state index contributed by atoms with van der Waals surface area (Å²) < 4.78 is 0. The lowest BCUT2D eigenvalue weighted by atomic mass is 9.84. The van der Waals surface area contributed by atoms with Gasteiger partial charge >= 0.3 is 0 Å². The Morgan fingerprint density at radius 1 is 1.26 bits per heavy atom. The lowest BCUT2D eigenvalue weighted by Gasteiger charge is -2.42. The number of unbranched alkanes of at least 4 members (excludes halogenated alkanes) is 3. The third-order valence-electron chi connectivity index (χ3n) is 4.79. The van der Waals surface area contributed by atoms with E-state index in [0.29, 0.717) is 12.4 Å². The SMILES string of the molecule is CCCCCCC(C)(CC)N1CC(O)CC1C[B]O. The molecule has 1 rings (SSSR count). The maximum atomic E-state index is 9.93. The van der Waals surface area contributed by atoms with Gasteiger partial charge in [-0.2, -0.15) is 0 Å². The Hall–Kier alpha value is -0.0551. The summed E-state index contributed by atoms with van der Waals surface area (Å²) in [5.74, 6) is 0. The molecule has 2 N–H and O–H groups in total. The number of likely N-dealkylation sites (tertiary alicyclic amines) is 1. The Labute approximate surface area is 119 Å². The lowest BCUT2D eigenvalue weighted by Crippen LogP contribution is -2.49. The van der Waals surface area contributed by atoms with E-state index in [0.717, 1.165) is 19.4 Å². The molecular weight excluding hydrogens is 237 g/mol. The molecule has 3 atom stereocenters. The fourth-order valence-corrected chi connectivity index (χ4v) is 3.35. The smallest absolute Gasteiger partial charge is 0.288 e. The van der Waals surface area contributed by atoms with E-state index in [1.165, 1.54) is 39.6 Å². The quantitative estimate of drug-likeness (QED) is 0.499. The van der Waals surface area contributed by atoms with Crippen molar-refractivity contribution in [2.45, 2.75) is 89.7 Å². The topological polar surface area (TPSA) is 43.7 Å². The molecule has 1 radical (unpaired) electrons.